The molecular formula is C14H21NO2Si. The molecule has 98 valence electrons. The molecule has 0 radical (unpaired) electrons. The molecule has 1 aliphatic rings. The highest BCUT2D eigenvalue weighted by atomic mass is 28.3. The summed E-state index contributed by atoms with van der Waals surface area (Å²) in [6.07, 6.45) is 0. The Kier molecular flexibility index (Phi) is 3.59. The maximum Gasteiger partial charge on any atom is 0.324 e. The van der Waals surface area contributed by atoms with Crippen LogP contribution in [0.4, 0.5) is 0 Å². The quantitative estimate of drug-likeness (QED) is 0.475. The van der Waals surface area contributed by atoms with E-state index in [4.69, 9.17) is 4.74 Å². The van der Waals surface area contributed by atoms with Crippen molar-refractivity contribution in [2.45, 2.75) is 38.6 Å². The fourth-order valence-electron chi connectivity index (χ4n) is 2.53. The highest BCUT2D eigenvalue weighted by molar-refractivity contribution is 6.74. The van der Waals surface area contributed by atoms with E-state index in [0.29, 0.717) is 6.61 Å². The average Bonchev–Trinajstić information content (AvgIpc) is 3.05. The molecule has 1 aromatic carbocycles. The van der Waals surface area contributed by atoms with Gasteiger partial charge in [-0.2, -0.15) is 0 Å². The van der Waals surface area contributed by atoms with Crippen LogP contribution in [0.25, 0.3) is 0 Å². The maximum atomic E-state index is 12.0. The summed E-state index contributed by atoms with van der Waals surface area (Å²) in [7, 11) is -1.49. The van der Waals surface area contributed by atoms with Crippen molar-refractivity contribution >= 4 is 14.2 Å². The van der Waals surface area contributed by atoms with Crippen molar-refractivity contribution in [1.29, 1.82) is 0 Å². The molecule has 0 saturated carbocycles. The van der Waals surface area contributed by atoms with E-state index in [1.165, 1.54) is 5.56 Å². The molecule has 0 aliphatic carbocycles. The second kappa shape index (κ2) is 4.86. The van der Waals surface area contributed by atoms with Crippen LogP contribution in [0, 0.1) is 0 Å². The Hall–Kier alpha value is -1.13. The van der Waals surface area contributed by atoms with E-state index < -0.39 is 8.24 Å². The Balaban J connectivity index is 2.21. The number of rotatable bonds is 4. The SMILES string of the molecule is CCOC(=O)[C@@H]1[C@@H](c2ccccc2)N1[Si](C)(C)C. The number of carbonyl (C=O) groups excluding carboxylic acids is 1. The second-order valence-corrected chi connectivity index (χ2v) is 10.5. The molecule has 1 heterocycles. The van der Waals surface area contributed by atoms with Crippen LogP contribution in [0.1, 0.15) is 18.5 Å². The van der Waals surface area contributed by atoms with Crippen LogP contribution in [-0.4, -0.2) is 31.4 Å². The van der Waals surface area contributed by atoms with Crippen molar-refractivity contribution in [3.8, 4) is 0 Å². The van der Waals surface area contributed by atoms with Gasteiger partial charge in [0.25, 0.3) is 0 Å². The molecule has 3 nitrogen and oxygen atoms in total. The summed E-state index contributed by atoms with van der Waals surface area (Å²) >= 11 is 0. The summed E-state index contributed by atoms with van der Waals surface area (Å²) in [6.45, 7) is 9.11. The highest BCUT2D eigenvalue weighted by Crippen LogP contribution is 2.47. The molecule has 18 heavy (non-hydrogen) atoms. The lowest BCUT2D eigenvalue weighted by atomic mass is 10.1. The lowest BCUT2D eigenvalue weighted by Crippen LogP contribution is -2.35. The molecule has 1 aromatic rings. The fraction of sp³-hybridized carbons (Fsp3) is 0.500. The van der Waals surface area contributed by atoms with E-state index in [-0.39, 0.29) is 18.1 Å². The minimum atomic E-state index is -1.49. The molecule has 1 aliphatic heterocycles. The zero-order chi connectivity index (χ0) is 13.3. The largest absolute Gasteiger partial charge is 0.465 e. The summed E-state index contributed by atoms with van der Waals surface area (Å²) in [5, 5.41) is 0. The van der Waals surface area contributed by atoms with Crippen molar-refractivity contribution < 1.29 is 9.53 Å². The molecule has 0 bridgehead atoms. The molecule has 1 unspecified atom stereocenters. The fourth-order valence-corrected chi connectivity index (χ4v) is 4.67. The van der Waals surface area contributed by atoms with Crippen LogP contribution in [0.2, 0.25) is 19.6 Å². The normalized spacial score (nSPS) is 26.8. The van der Waals surface area contributed by atoms with E-state index in [2.05, 4.69) is 36.3 Å². The number of ether oxygens (including phenoxy) is 1. The molecule has 1 fully saturated rings. The Morgan fingerprint density at radius 2 is 1.89 bits per heavy atom. The number of nitrogens with zero attached hydrogens (tertiary/aromatic N) is 1. The zero-order valence-electron chi connectivity index (χ0n) is 11.5. The minimum absolute atomic E-state index is 0.0704. The van der Waals surface area contributed by atoms with Gasteiger partial charge in [0.1, 0.15) is 14.3 Å². The van der Waals surface area contributed by atoms with Crippen molar-refractivity contribution in [2.75, 3.05) is 6.61 Å². The van der Waals surface area contributed by atoms with Crippen molar-refractivity contribution in [3.05, 3.63) is 35.9 Å². The molecule has 0 amide bonds. The van der Waals surface area contributed by atoms with Gasteiger partial charge in [-0.25, -0.2) is 0 Å². The van der Waals surface area contributed by atoms with E-state index in [9.17, 15) is 4.79 Å². The molecule has 3 atom stereocenters. The summed E-state index contributed by atoms with van der Waals surface area (Å²) in [6, 6.07) is 10.4. The number of benzene rings is 1. The number of carbonyl (C=O) groups is 1. The van der Waals surface area contributed by atoms with Crippen LogP contribution < -0.4 is 0 Å². The maximum absolute atomic E-state index is 12.0. The Bertz CT molecular complexity index is 427. The lowest BCUT2D eigenvalue weighted by Gasteiger charge is -2.19. The van der Waals surface area contributed by atoms with E-state index >= 15 is 0 Å². The van der Waals surface area contributed by atoms with Gasteiger partial charge in [-0.05, 0) is 12.5 Å². The van der Waals surface area contributed by atoms with Gasteiger partial charge in [0.2, 0.25) is 0 Å². The first-order valence-electron chi connectivity index (χ1n) is 6.47. The Labute approximate surface area is 110 Å². The standard InChI is InChI=1S/C14H21NO2Si/c1-5-17-14(16)13-12(15(13)18(2,3)4)11-9-7-6-8-10-11/h6-10,12-13H,5H2,1-4H3/t12-,13+,15?/m1/s1. The first-order valence-corrected chi connectivity index (χ1v) is 9.91. The second-order valence-electron chi connectivity index (χ2n) is 5.63. The van der Waals surface area contributed by atoms with Crippen molar-refractivity contribution in [2.24, 2.45) is 0 Å². The molecular weight excluding hydrogens is 242 g/mol. The van der Waals surface area contributed by atoms with E-state index in [1.807, 2.05) is 25.1 Å². The van der Waals surface area contributed by atoms with Crippen LogP contribution in [0.5, 0.6) is 0 Å². The monoisotopic (exact) mass is 263 g/mol. The van der Waals surface area contributed by atoms with E-state index in [1.54, 1.807) is 0 Å². The molecule has 4 heteroatoms. The Morgan fingerprint density at radius 1 is 1.28 bits per heavy atom. The summed E-state index contributed by atoms with van der Waals surface area (Å²) in [5.41, 5.74) is 1.22. The first-order chi connectivity index (χ1) is 8.46. The smallest absolute Gasteiger partial charge is 0.324 e. The van der Waals surface area contributed by atoms with Gasteiger partial charge in [0.15, 0.2) is 0 Å². The third kappa shape index (κ3) is 2.49. The van der Waals surface area contributed by atoms with Crippen LogP contribution in [0.15, 0.2) is 30.3 Å². The summed E-state index contributed by atoms with van der Waals surface area (Å²) in [5.74, 6) is -0.0752. The lowest BCUT2D eigenvalue weighted by molar-refractivity contribution is -0.143. The number of hydrogen-bond acceptors (Lipinski definition) is 3. The third-order valence-electron chi connectivity index (χ3n) is 3.25. The zero-order valence-corrected chi connectivity index (χ0v) is 12.5. The van der Waals surface area contributed by atoms with Gasteiger partial charge in [0, 0.05) is 0 Å². The van der Waals surface area contributed by atoms with Crippen LogP contribution in [0.3, 0.4) is 0 Å². The molecule has 1 saturated heterocycles. The van der Waals surface area contributed by atoms with Crippen LogP contribution >= 0.6 is 0 Å². The third-order valence-corrected chi connectivity index (χ3v) is 5.36. The minimum Gasteiger partial charge on any atom is -0.465 e. The van der Waals surface area contributed by atoms with Gasteiger partial charge in [0.05, 0.1) is 12.6 Å². The number of esters is 1. The topological polar surface area (TPSA) is 29.3 Å². The van der Waals surface area contributed by atoms with Gasteiger partial charge in [-0.1, -0.05) is 50.0 Å². The van der Waals surface area contributed by atoms with Gasteiger partial charge in [-0.15, -0.1) is 0 Å². The molecule has 0 spiro atoms. The average molecular weight is 263 g/mol. The summed E-state index contributed by atoms with van der Waals surface area (Å²) in [4.78, 5) is 12.0. The molecule has 0 N–H and O–H groups in total. The molecule has 2 rings (SSSR count). The molecule has 0 aromatic heterocycles. The van der Waals surface area contributed by atoms with Gasteiger partial charge < -0.3 is 9.30 Å². The van der Waals surface area contributed by atoms with Gasteiger partial charge >= 0.3 is 5.97 Å². The van der Waals surface area contributed by atoms with E-state index in [0.717, 1.165) is 0 Å². The predicted octanol–water partition coefficient (Wildman–Crippen LogP) is 2.81. The first kappa shape index (κ1) is 13.3. The van der Waals surface area contributed by atoms with Crippen LogP contribution in [-0.2, 0) is 9.53 Å². The van der Waals surface area contributed by atoms with Gasteiger partial charge in [-0.3, -0.25) is 4.79 Å². The predicted molar refractivity (Wildman–Crippen MR) is 74.8 cm³/mol. The summed E-state index contributed by atoms with van der Waals surface area (Å²) < 4.78 is 7.53. The highest BCUT2D eigenvalue weighted by Gasteiger charge is 2.58. The van der Waals surface area contributed by atoms with Crippen molar-refractivity contribution in [3.63, 3.8) is 0 Å². The van der Waals surface area contributed by atoms with Crippen molar-refractivity contribution in [1.82, 2.24) is 4.57 Å². The number of hydrogen-bond donors (Lipinski definition) is 0. The Morgan fingerprint density at radius 3 is 2.39 bits per heavy atom.